The van der Waals surface area contributed by atoms with Crippen LogP contribution in [0.4, 0.5) is 4.39 Å². The van der Waals surface area contributed by atoms with Crippen molar-refractivity contribution in [1.82, 2.24) is 10.2 Å². The molecule has 0 aliphatic heterocycles. The minimum atomic E-state index is -0.297. The van der Waals surface area contributed by atoms with Crippen molar-refractivity contribution in [2.75, 3.05) is 0 Å². The molecule has 0 saturated heterocycles. The minimum absolute atomic E-state index is 0.297. The summed E-state index contributed by atoms with van der Waals surface area (Å²) in [4.78, 5) is 0. The third kappa shape index (κ3) is 1.80. The van der Waals surface area contributed by atoms with Gasteiger partial charge in [-0.05, 0) is 30.3 Å². The first kappa shape index (κ1) is 9.27. The molecular weight excluding hydrogens is 247 g/mol. The Labute approximate surface area is 88.9 Å². The lowest BCUT2D eigenvalue weighted by atomic mass is 10.1. The molecule has 0 saturated carbocycles. The van der Waals surface area contributed by atoms with Crippen molar-refractivity contribution in [2.24, 2.45) is 0 Å². The standard InChI is InChI=1S/C10H6BrFN2/c11-7-3-4-9(12)8(6-7)10-2-1-5-13-14-10/h1-6H. The van der Waals surface area contributed by atoms with Gasteiger partial charge < -0.3 is 0 Å². The Balaban J connectivity index is 2.57. The Morgan fingerprint density at radius 2 is 2.07 bits per heavy atom. The molecule has 1 aromatic heterocycles. The summed E-state index contributed by atoms with van der Waals surface area (Å²) in [7, 11) is 0. The first-order valence-electron chi connectivity index (χ1n) is 4.00. The summed E-state index contributed by atoms with van der Waals surface area (Å²) in [6.45, 7) is 0. The maximum atomic E-state index is 13.4. The number of halogens is 2. The van der Waals surface area contributed by atoms with Gasteiger partial charge in [0, 0.05) is 16.2 Å². The first-order valence-corrected chi connectivity index (χ1v) is 4.80. The van der Waals surface area contributed by atoms with Crippen LogP contribution in [-0.2, 0) is 0 Å². The molecule has 0 spiro atoms. The highest BCUT2D eigenvalue weighted by atomic mass is 79.9. The molecule has 1 heterocycles. The summed E-state index contributed by atoms with van der Waals surface area (Å²) < 4.78 is 14.2. The van der Waals surface area contributed by atoms with Crippen molar-refractivity contribution in [1.29, 1.82) is 0 Å². The highest BCUT2D eigenvalue weighted by Crippen LogP contribution is 2.23. The van der Waals surface area contributed by atoms with Gasteiger partial charge in [-0.3, -0.25) is 0 Å². The molecule has 2 nitrogen and oxygen atoms in total. The van der Waals surface area contributed by atoms with Crippen LogP contribution in [0.3, 0.4) is 0 Å². The highest BCUT2D eigenvalue weighted by molar-refractivity contribution is 9.10. The van der Waals surface area contributed by atoms with E-state index < -0.39 is 0 Å². The van der Waals surface area contributed by atoms with Gasteiger partial charge in [-0.15, -0.1) is 0 Å². The topological polar surface area (TPSA) is 25.8 Å². The normalized spacial score (nSPS) is 10.1. The van der Waals surface area contributed by atoms with Gasteiger partial charge in [0.1, 0.15) is 5.82 Å². The molecule has 0 aliphatic carbocycles. The molecule has 2 rings (SSSR count). The van der Waals surface area contributed by atoms with E-state index in [0.717, 1.165) is 4.47 Å². The van der Waals surface area contributed by atoms with Crippen LogP contribution >= 0.6 is 15.9 Å². The van der Waals surface area contributed by atoms with Gasteiger partial charge in [0.05, 0.1) is 5.69 Å². The minimum Gasteiger partial charge on any atom is -0.206 e. The number of benzene rings is 1. The van der Waals surface area contributed by atoms with Crippen LogP contribution < -0.4 is 0 Å². The van der Waals surface area contributed by atoms with E-state index in [1.54, 1.807) is 30.5 Å². The van der Waals surface area contributed by atoms with Gasteiger partial charge in [-0.1, -0.05) is 15.9 Å². The lowest BCUT2D eigenvalue weighted by Crippen LogP contribution is -1.89. The number of aromatic nitrogens is 2. The van der Waals surface area contributed by atoms with E-state index in [4.69, 9.17) is 0 Å². The van der Waals surface area contributed by atoms with E-state index in [-0.39, 0.29) is 5.82 Å². The maximum absolute atomic E-state index is 13.4. The van der Waals surface area contributed by atoms with Gasteiger partial charge >= 0.3 is 0 Å². The fourth-order valence-corrected chi connectivity index (χ4v) is 1.50. The molecule has 0 unspecified atom stereocenters. The molecule has 0 N–H and O–H groups in total. The predicted molar refractivity (Wildman–Crippen MR) is 55.1 cm³/mol. The van der Waals surface area contributed by atoms with Crippen LogP contribution in [-0.4, -0.2) is 10.2 Å². The molecular formula is C10H6BrFN2. The lowest BCUT2D eigenvalue weighted by molar-refractivity contribution is 0.630. The van der Waals surface area contributed by atoms with Gasteiger partial charge in [-0.2, -0.15) is 10.2 Å². The van der Waals surface area contributed by atoms with Crippen LogP contribution in [0.1, 0.15) is 0 Å². The third-order valence-corrected chi connectivity index (χ3v) is 2.27. The molecule has 4 heteroatoms. The van der Waals surface area contributed by atoms with Crippen LogP contribution in [0.5, 0.6) is 0 Å². The zero-order valence-electron chi connectivity index (χ0n) is 7.11. The van der Waals surface area contributed by atoms with Gasteiger partial charge in [-0.25, -0.2) is 4.39 Å². The fourth-order valence-electron chi connectivity index (χ4n) is 1.14. The summed E-state index contributed by atoms with van der Waals surface area (Å²) in [6.07, 6.45) is 1.55. The molecule has 70 valence electrons. The molecule has 2 aromatic rings. The Bertz CT molecular complexity index is 445. The highest BCUT2D eigenvalue weighted by Gasteiger charge is 2.06. The van der Waals surface area contributed by atoms with Crippen LogP contribution in [0.25, 0.3) is 11.3 Å². The van der Waals surface area contributed by atoms with Crippen molar-refractivity contribution in [3.8, 4) is 11.3 Å². The van der Waals surface area contributed by atoms with Gasteiger partial charge in [0.15, 0.2) is 0 Å². The summed E-state index contributed by atoms with van der Waals surface area (Å²) >= 11 is 3.28. The van der Waals surface area contributed by atoms with Crippen LogP contribution in [0.2, 0.25) is 0 Å². The molecule has 0 aliphatic rings. The van der Waals surface area contributed by atoms with Crippen molar-refractivity contribution >= 4 is 15.9 Å². The third-order valence-electron chi connectivity index (χ3n) is 1.78. The first-order chi connectivity index (χ1) is 6.77. The molecule has 1 aromatic carbocycles. The zero-order chi connectivity index (χ0) is 9.97. The van der Waals surface area contributed by atoms with Gasteiger partial charge in [0.2, 0.25) is 0 Å². The zero-order valence-corrected chi connectivity index (χ0v) is 8.70. The average molecular weight is 253 g/mol. The second-order valence-electron chi connectivity index (χ2n) is 2.73. The van der Waals surface area contributed by atoms with Gasteiger partial charge in [0.25, 0.3) is 0 Å². The number of hydrogen-bond donors (Lipinski definition) is 0. The molecule has 0 bridgehead atoms. The second-order valence-corrected chi connectivity index (χ2v) is 3.65. The molecule has 0 radical (unpaired) electrons. The van der Waals surface area contributed by atoms with Crippen LogP contribution in [0, 0.1) is 5.82 Å². The van der Waals surface area contributed by atoms with E-state index in [2.05, 4.69) is 26.1 Å². The van der Waals surface area contributed by atoms with Crippen molar-refractivity contribution < 1.29 is 4.39 Å². The Morgan fingerprint density at radius 3 is 2.79 bits per heavy atom. The monoisotopic (exact) mass is 252 g/mol. The lowest BCUT2D eigenvalue weighted by Gasteiger charge is -2.01. The SMILES string of the molecule is Fc1ccc(Br)cc1-c1cccnn1. The van der Waals surface area contributed by atoms with Crippen molar-refractivity contribution in [3.05, 3.63) is 46.8 Å². The molecule has 14 heavy (non-hydrogen) atoms. The van der Waals surface area contributed by atoms with E-state index in [1.807, 2.05) is 0 Å². The molecule has 0 amide bonds. The number of hydrogen-bond acceptors (Lipinski definition) is 2. The number of nitrogens with zero attached hydrogens (tertiary/aromatic N) is 2. The van der Waals surface area contributed by atoms with E-state index in [0.29, 0.717) is 11.3 Å². The predicted octanol–water partition coefficient (Wildman–Crippen LogP) is 3.05. The second kappa shape index (κ2) is 3.84. The average Bonchev–Trinajstić information content (AvgIpc) is 2.23. The Morgan fingerprint density at radius 1 is 1.21 bits per heavy atom. The van der Waals surface area contributed by atoms with E-state index >= 15 is 0 Å². The summed E-state index contributed by atoms with van der Waals surface area (Å²) in [6, 6.07) is 8.17. The quantitative estimate of drug-likeness (QED) is 0.780. The van der Waals surface area contributed by atoms with E-state index in [9.17, 15) is 4.39 Å². The number of rotatable bonds is 1. The summed E-state index contributed by atoms with van der Waals surface area (Å²) in [5.74, 6) is -0.297. The smallest absolute Gasteiger partial charge is 0.132 e. The Kier molecular flexibility index (Phi) is 2.54. The molecule has 0 atom stereocenters. The summed E-state index contributed by atoms with van der Waals surface area (Å²) in [5, 5.41) is 7.54. The largest absolute Gasteiger partial charge is 0.206 e. The van der Waals surface area contributed by atoms with E-state index in [1.165, 1.54) is 6.07 Å². The maximum Gasteiger partial charge on any atom is 0.132 e. The Hall–Kier alpha value is -1.29. The molecule has 0 fully saturated rings. The van der Waals surface area contributed by atoms with Crippen LogP contribution in [0.15, 0.2) is 41.0 Å². The van der Waals surface area contributed by atoms with Crippen molar-refractivity contribution in [2.45, 2.75) is 0 Å². The fraction of sp³-hybridized carbons (Fsp3) is 0. The van der Waals surface area contributed by atoms with Crippen molar-refractivity contribution in [3.63, 3.8) is 0 Å². The summed E-state index contributed by atoms with van der Waals surface area (Å²) in [5.41, 5.74) is 0.985.